The van der Waals surface area contributed by atoms with Gasteiger partial charge in [-0.1, -0.05) is 31.4 Å². The predicted octanol–water partition coefficient (Wildman–Crippen LogP) is 2.47. The molecule has 1 aromatic rings. The van der Waals surface area contributed by atoms with E-state index >= 15 is 0 Å². The molecule has 0 bridgehead atoms. The van der Waals surface area contributed by atoms with Crippen molar-refractivity contribution in [2.75, 3.05) is 0 Å². The van der Waals surface area contributed by atoms with Gasteiger partial charge in [-0.2, -0.15) is 0 Å². The van der Waals surface area contributed by atoms with Crippen molar-refractivity contribution in [2.24, 2.45) is 0 Å². The van der Waals surface area contributed by atoms with Gasteiger partial charge in [-0.25, -0.2) is 4.98 Å². The highest BCUT2D eigenvalue weighted by Crippen LogP contribution is 2.12. The maximum absolute atomic E-state index is 4.09. The lowest BCUT2D eigenvalue weighted by Crippen LogP contribution is -1.79. The number of aryl methyl sites for hydroxylation is 1. The van der Waals surface area contributed by atoms with Gasteiger partial charge in [0.05, 0.1) is 11.9 Å². The minimum Gasteiger partial charge on any atom is -0.342 e. The molecule has 1 N–H and O–H groups in total. The smallest absolute Gasteiger partial charge is 0.103 e. The Bertz CT molecular complexity index is 318. The summed E-state index contributed by atoms with van der Waals surface area (Å²) in [7, 11) is 0. The van der Waals surface area contributed by atoms with E-state index in [0.29, 0.717) is 0 Å². The third kappa shape index (κ3) is 1.72. The van der Waals surface area contributed by atoms with Crippen LogP contribution in [0.5, 0.6) is 0 Å². The molecule has 12 heavy (non-hydrogen) atoms. The molecule has 0 amide bonds. The lowest BCUT2D eigenvalue weighted by Gasteiger charge is -1.94. The van der Waals surface area contributed by atoms with E-state index < -0.39 is 0 Å². The van der Waals surface area contributed by atoms with Gasteiger partial charge in [0.1, 0.15) is 5.82 Å². The second-order valence-corrected chi connectivity index (χ2v) is 2.44. The van der Waals surface area contributed by atoms with Crippen molar-refractivity contribution >= 4 is 5.57 Å². The maximum Gasteiger partial charge on any atom is 0.103 e. The van der Waals surface area contributed by atoms with Crippen LogP contribution in [-0.2, 0) is 0 Å². The minimum atomic E-state index is 0.904. The van der Waals surface area contributed by atoms with Crippen LogP contribution in [0.2, 0.25) is 0 Å². The van der Waals surface area contributed by atoms with Gasteiger partial charge >= 0.3 is 0 Å². The molecule has 0 spiro atoms. The Morgan fingerprint density at radius 3 is 2.75 bits per heavy atom. The molecule has 0 unspecified atom stereocenters. The molecule has 0 saturated heterocycles. The van der Waals surface area contributed by atoms with E-state index in [9.17, 15) is 0 Å². The summed E-state index contributed by atoms with van der Waals surface area (Å²) in [5.74, 6) is 0.904. The topological polar surface area (TPSA) is 28.7 Å². The molecule has 0 aliphatic carbocycles. The van der Waals surface area contributed by atoms with E-state index in [1.807, 2.05) is 13.0 Å². The third-order valence-corrected chi connectivity index (χ3v) is 1.53. The number of nitrogens with one attached hydrogen (secondary N) is 1. The zero-order valence-corrected chi connectivity index (χ0v) is 7.17. The molecule has 1 heterocycles. The van der Waals surface area contributed by atoms with Gasteiger partial charge in [-0.05, 0) is 12.5 Å². The van der Waals surface area contributed by atoms with Crippen LogP contribution in [0.1, 0.15) is 11.5 Å². The molecule has 2 nitrogen and oxygen atoms in total. The molecule has 2 heteroatoms. The molecule has 0 aliphatic heterocycles. The van der Waals surface area contributed by atoms with Gasteiger partial charge < -0.3 is 4.98 Å². The molecule has 0 saturated carbocycles. The van der Waals surface area contributed by atoms with Crippen molar-refractivity contribution in [3.63, 3.8) is 0 Å². The van der Waals surface area contributed by atoms with Crippen LogP contribution >= 0.6 is 0 Å². The minimum absolute atomic E-state index is 0.904. The number of hydrogen-bond acceptors (Lipinski definition) is 1. The van der Waals surface area contributed by atoms with Crippen LogP contribution in [-0.4, -0.2) is 9.97 Å². The summed E-state index contributed by atoms with van der Waals surface area (Å²) in [5.41, 5.74) is 1.98. The summed E-state index contributed by atoms with van der Waals surface area (Å²) in [6.45, 7) is 9.24. The lowest BCUT2D eigenvalue weighted by atomic mass is 10.2. The zero-order chi connectivity index (χ0) is 8.97. The number of rotatable bonds is 3. The SMILES string of the molecule is C=C/C=C(\C=C)c1cnc(C)[nH]1. The highest BCUT2D eigenvalue weighted by atomic mass is 14.9. The monoisotopic (exact) mass is 160 g/mol. The Morgan fingerprint density at radius 2 is 2.33 bits per heavy atom. The van der Waals surface area contributed by atoms with E-state index in [0.717, 1.165) is 17.1 Å². The standard InChI is InChI=1S/C10H12N2/c1-4-6-9(5-2)10-7-11-8(3)12-10/h4-7H,1-2H2,3H3,(H,11,12)/b9-6+. The van der Waals surface area contributed by atoms with Crippen LogP contribution in [0.4, 0.5) is 0 Å². The van der Waals surface area contributed by atoms with E-state index in [1.165, 1.54) is 0 Å². The van der Waals surface area contributed by atoms with E-state index in [-0.39, 0.29) is 0 Å². The van der Waals surface area contributed by atoms with Gasteiger partial charge in [0.2, 0.25) is 0 Å². The zero-order valence-electron chi connectivity index (χ0n) is 7.17. The van der Waals surface area contributed by atoms with Crippen molar-refractivity contribution in [2.45, 2.75) is 6.92 Å². The predicted molar refractivity (Wildman–Crippen MR) is 51.7 cm³/mol. The largest absolute Gasteiger partial charge is 0.342 e. The second-order valence-electron chi connectivity index (χ2n) is 2.44. The number of imidazole rings is 1. The van der Waals surface area contributed by atoms with Gasteiger partial charge in [-0.15, -0.1) is 0 Å². The molecule has 0 aromatic carbocycles. The fourth-order valence-corrected chi connectivity index (χ4v) is 0.962. The molecular formula is C10H12N2. The average Bonchev–Trinajstić information content (AvgIpc) is 2.47. The maximum atomic E-state index is 4.09. The number of nitrogens with zero attached hydrogens (tertiary/aromatic N) is 1. The Balaban J connectivity index is 3.02. The molecule has 0 fully saturated rings. The summed E-state index contributed by atoms with van der Waals surface area (Å²) < 4.78 is 0. The summed E-state index contributed by atoms with van der Waals surface area (Å²) in [4.78, 5) is 7.20. The van der Waals surface area contributed by atoms with Gasteiger partial charge in [0.15, 0.2) is 0 Å². The Kier molecular flexibility index (Phi) is 2.64. The van der Waals surface area contributed by atoms with Crippen molar-refractivity contribution < 1.29 is 0 Å². The van der Waals surface area contributed by atoms with Crippen LogP contribution in [0.15, 0.2) is 37.6 Å². The van der Waals surface area contributed by atoms with E-state index in [4.69, 9.17) is 0 Å². The fraction of sp³-hybridized carbons (Fsp3) is 0.100. The molecule has 1 rings (SSSR count). The molecule has 0 radical (unpaired) electrons. The summed E-state index contributed by atoms with van der Waals surface area (Å²) >= 11 is 0. The van der Waals surface area contributed by atoms with Gasteiger partial charge in [-0.3, -0.25) is 0 Å². The Labute approximate surface area is 72.3 Å². The first-order valence-corrected chi connectivity index (χ1v) is 3.75. The first kappa shape index (κ1) is 8.53. The fourth-order valence-electron chi connectivity index (χ4n) is 0.962. The van der Waals surface area contributed by atoms with Crippen molar-refractivity contribution in [3.05, 3.63) is 49.1 Å². The average molecular weight is 160 g/mol. The Hall–Kier alpha value is -1.57. The number of hydrogen-bond donors (Lipinski definition) is 1. The van der Waals surface area contributed by atoms with Crippen molar-refractivity contribution in [1.82, 2.24) is 9.97 Å². The molecule has 1 aromatic heterocycles. The first-order valence-electron chi connectivity index (χ1n) is 3.75. The summed E-state index contributed by atoms with van der Waals surface area (Å²) in [6, 6.07) is 0. The highest BCUT2D eigenvalue weighted by Gasteiger charge is 1.98. The van der Waals surface area contributed by atoms with E-state index in [1.54, 1.807) is 18.3 Å². The number of aromatic nitrogens is 2. The Morgan fingerprint density at radius 1 is 1.58 bits per heavy atom. The molecule has 62 valence electrons. The quantitative estimate of drug-likeness (QED) is 0.676. The number of aromatic amines is 1. The van der Waals surface area contributed by atoms with Crippen LogP contribution < -0.4 is 0 Å². The third-order valence-electron chi connectivity index (χ3n) is 1.53. The molecule has 0 aliphatic rings. The van der Waals surface area contributed by atoms with Crippen molar-refractivity contribution in [3.8, 4) is 0 Å². The molecular weight excluding hydrogens is 148 g/mol. The van der Waals surface area contributed by atoms with E-state index in [2.05, 4.69) is 23.1 Å². The highest BCUT2D eigenvalue weighted by molar-refractivity contribution is 5.71. The van der Waals surface area contributed by atoms with Crippen molar-refractivity contribution in [1.29, 1.82) is 0 Å². The van der Waals surface area contributed by atoms with Gasteiger partial charge in [0.25, 0.3) is 0 Å². The molecule has 0 atom stereocenters. The summed E-state index contributed by atoms with van der Waals surface area (Å²) in [6.07, 6.45) is 7.17. The summed E-state index contributed by atoms with van der Waals surface area (Å²) in [5, 5.41) is 0. The normalized spacial score (nSPS) is 11.2. The number of allylic oxidation sites excluding steroid dienone is 4. The van der Waals surface area contributed by atoms with Crippen LogP contribution in [0, 0.1) is 6.92 Å². The van der Waals surface area contributed by atoms with Crippen LogP contribution in [0.3, 0.4) is 0 Å². The number of H-pyrrole nitrogens is 1. The van der Waals surface area contributed by atoms with Gasteiger partial charge in [0, 0.05) is 0 Å². The second kappa shape index (κ2) is 3.72. The first-order chi connectivity index (χ1) is 5.77. The van der Waals surface area contributed by atoms with Crippen LogP contribution in [0.25, 0.3) is 5.57 Å². The lowest BCUT2D eigenvalue weighted by molar-refractivity contribution is 1.14.